The number of esters is 1. The molecular formula is C31H43N3O5. The molecule has 1 saturated carbocycles. The number of amides is 2. The molecule has 0 unspecified atom stereocenters. The monoisotopic (exact) mass is 537 g/mol. The maximum Gasteiger partial charge on any atom is 0.305 e. The molecule has 1 fully saturated rings. The lowest BCUT2D eigenvalue weighted by Crippen LogP contribution is -2.50. The van der Waals surface area contributed by atoms with Gasteiger partial charge in [-0.05, 0) is 56.6 Å². The van der Waals surface area contributed by atoms with Crippen molar-refractivity contribution in [1.82, 2.24) is 15.6 Å². The number of H-pyrrole nitrogens is 1. The quantitative estimate of drug-likeness (QED) is 0.135. The van der Waals surface area contributed by atoms with Crippen LogP contribution >= 0.6 is 0 Å². The number of carbonyl (C=O) groups excluding carboxylic acids is 3. The van der Waals surface area contributed by atoms with Crippen LogP contribution in [0, 0.1) is 5.92 Å². The van der Waals surface area contributed by atoms with Crippen LogP contribution in [0.25, 0.3) is 10.9 Å². The normalized spacial score (nSPS) is 15.8. The predicted octanol–water partition coefficient (Wildman–Crippen LogP) is 4.49. The SMILES string of the molecule is C=CCCCCC(=O)OC[C@H](Cc1c[nH]c2ccccc12)NC(=O)[C@H](CC=C)CC(=O)NC1(CO)CCCC1. The van der Waals surface area contributed by atoms with Crippen molar-refractivity contribution < 1.29 is 24.2 Å². The predicted molar refractivity (Wildman–Crippen MR) is 153 cm³/mol. The van der Waals surface area contributed by atoms with Gasteiger partial charge in [-0.3, -0.25) is 14.4 Å². The molecular weight excluding hydrogens is 494 g/mol. The topological polar surface area (TPSA) is 121 Å². The molecule has 1 aromatic carbocycles. The van der Waals surface area contributed by atoms with Crippen LogP contribution in [0.15, 0.2) is 55.8 Å². The molecule has 0 spiro atoms. The number of rotatable bonds is 17. The highest BCUT2D eigenvalue weighted by atomic mass is 16.5. The molecule has 1 aromatic heterocycles. The molecule has 0 aliphatic heterocycles. The Morgan fingerprint density at radius 3 is 2.62 bits per heavy atom. The minimum Gasteiger partial charge on any atom is -0.463 e. The minimum absolute atomic E-state index is 0.0114. The Labute approximate surface area is 231 Å². The van der Waals surface area contributed by atoms with Crippen molar-refractivity contribution in [3.05, 3.63) is 61.3 Å². The number of aromatic amines is 1. The van der Waals surface area contributed by atoms with Gasteiger partial charge in [0.2, 0.25) is 11.8 Å². The molecule has 8 heteroatoms. The molecule has 0 radical (unpaired) electrons. The second-order valence-corrected chi connectivity index (χ2v) is 10.6. The number of hydrogen-bond acceptors (Lipinski definition) is 5. The summed E-state index contributed by atoms with van der Waals surface area (Å²) in [4.78, 5) is 41.9. The summed E-state index contributed by atoms with van der Waals surface area (Å²) >= 11 is 0. The van der Waals surface area contributed by atoms with Gasteiger partial charge in [-0.15, -0.1) is 13.2 Å². The van der Waals surface area contributed by atoms with Gasteiger partial charge in [0.05, 0.1) is 24.1 Å². The molecule has 3 rings (SSSR count). The molecule has 212 valence electrons. The standard InChI is InChI=1S/C31H43N3O5/c1-3-5-6-7-15-29(37)39-21-25(18-24-20-32-27-14-9-8-13-26(24)27)33-30(38)23(12-4-2)19-28(36)34-31(22-35)16-10-11-17-31/h3-4,8-9,13-14,20,23,25,32,35H,1-2,5-7,10-12,15-19,21-22H2,(H,33,38)(H,34,36)/t23-,25+/m1/s1. The van der Waals surface area contributed by atoms with E-state index in [-0.39, 0.29) is 37.4 Å². The lowest BCUT2D eigenvalue weighted by molar-refractivity contribution is -0.145. The first kappa shape index (κ1) is 30.2. The minimum atomic E-state index is -0.625. The van der Waals surface area contributed by atoms with Gasteiger partial charge >= 0.3 is 5.97 Å². The lowest BCUT2D eigenvalue weighted by atomic mass is 9.95. The van der Waals surface area contributed by atoms with E-state index in [0.717, 1.165) is 61.4 Å². The summed E-state index contributed by atoms with van der Waals surface area (Å²) in [5.41, 5.74) is 1.40. The van der Waals surface area contributed by atoms with E-state index in [4.69, 9.17) is 4.74 Å². The van der Waals surface area contributed by atoms with Crippen LogP contribution in [-0.2, 0) is 25.5 Å². The van der Waals surface area contributed by atoms with Gasteiger partial charge in [0.1, 0.15) is 6.61 Å². The van der Waals surface area contributed by atoms with E-state index < -0.39 is 17.5 Å². The average Bonchev–Trinajstić information content (AvgIpc) is 3.57. The summed E-state index contributed by atoms with van der Waals surface area (Å²) in [5, 5.41) is 16.9. The third kappa shape index (κ3) is 9.10. The zero-order chi connectivity index (χ0) is 28.1. The number of allylic oxidation sites excluding steroid dienone is 2. The Bertz CT molecular complexity index is 1120. The largest absolute Gasteiger partial charge is 0.463 e. The number of nitrogens with one attached hydrogen (secondary N) is 3. The van der Waals surface area contributed by atoms with Gasteiger partial charge < -0.3 is 25.5 Å². The van der Waals surface area contributed by atoms with Gasteiger partial charge in [0, 0.05) is 29.9 Å². The first-order valence-electron chi connectivity index (χ1n) is 14.0. The molecule has 4 N–H and O–H groups in total. The smallest absolute Gasteiger partial charge is 0.305 e. The van der Waals surface area contributed by atoms with Crippen molar-refractivity contribution in [2.45, 2.75) is 82.2 Å². The summed E-state index contributed by atoms with van der Waals surface area (Å²) in [6.45, 7) is 7.39. The lowest BCUT2D eigenvalue weighted by Gasteiger charge is -2.29. The maximum absolute atomic E-state index is 13.4. The fourth-order valence-electron chi connectivity index (χ4n) is 5.29. The van der Waals surface area contributed by atoms with Crippen molar-refractivity contribution in [1.29, 1.82) is 0 Å². The van der Waals surface area contributed by atoms with Crippen LogP contribution in [0.5, 0.6) is 0 Å². The van der Waals surface area contributed by atoms with Crippen molar-refractivity contribution >= 4 is 28.7 Å². The molecule has 1 aliphatic rings. The van der Waals surface area contributed by atoms with E-state index in [0.29, 0.717) is 19.3 Å². The number of benzene rings is 1. The molecule has 2 amide bonds. The number of aliphatic hydroxyl groups is 1. The molecule has 1 heterocycles. The first-order chi connectivity index (χ1) is 18.9. The van der Waals surface area contributed by atoms with Gasteiger partial charge in [0.25, 0.3) is 0 Å². The van der Waals surface area contributed by atoms with Crippen molar-refractivity contribution in [2.75, 3.05) is 13.2 Å². The van der Waals surface area contributed by atoms with Crippen LogP contribution in [0.4, 0.5) is 0 Å². The van der Waals surface area contributed by atoms with Crippen molar-refractivity contribution in [3.8, 4) is 0 Å². The highest BCUT2D eigenvalue weighted by molar-refractivity contribution is 5.87. The number of aromatic nitrogens is 1. The van der Waals surface area contributed by atoms with E-state index >= 15 is 0 Å². The van der Waals surface area contributed by atoms with E-state index in [1.165, 1.54) is 0 Å². The van der Waals surface area contributed by atoms with E-state index in [2.05, 4.69) is 28.8 Å². The Morgan fingerprint density at radius 2 is 1.90 bits per heavy atom. The summed E-state index contributed by atoms with van der Waals surface area (Å²) in [5.74, 6) is -1.47. The first-order valence-corrected chi connectivity index (χ1v) is 14.0. The van der Waals surface area contributed by atoms with Gasteiger partial charge in [0.15, 0.2) is 0 Å². The molecule has 0 bridgehead atoms. The van der Waals surface area contributed by atoms with Gasteiger partial charge in [-0.1, -0.05) is 43.2 Å². The third-order valence-electron chi connectivity index (χ3n) is 7.49. The summed E-state index contributed by atoms with van der Waals surface area (Å²) in [6, 6.07) is 7.43. The highest BCUT2D eigenvalue weighted by Crippen LogP contribution is 2.29. The number of carbonyl (C=O) groups is 3. The zero-order valence-electron chi connectivity index (χ0n) is 22.9. The summed E-state index contributed by atoms with van der Waals surface area (Å²) in [7, 11) is 0. The number of aliphatic hydroxyl groups excluding tert-OH is 1. The van der Waals surface area contributed by atoms with Gasteiger partial charge in [-0.2, -0.15) is 0 Å². The number of para-hydroxylation sites is 1. The van der Waals surface area contributed by atoms with E-state index in [1.54, 1.807) is 6.08 Å². The summed E-state index contributed by atoms with van der Waals surface area (Å²) < 4.78 is 5.57. The molecule has 2 aromatic rings. The Balaban J connectivity index is 1.67. The number of hydrogen-bond donors (Lipinski definition) is 4. The molecule has 0 saturated heterocycles. The fraction of sp³-hybridized carbons (Fsp3) is 0.516. The number of unbranched alkanes of at least 4 members (excludes halogenated alkanes) is 2. The second kappa shape index (κ2) is 15.3. The van der Waals surface area contributed by atoms with Crippen LogP contribution in [0.3, 0.4) is 0 Å². The average molecular weight is 538 g/mol. The van der Waals surface area contributed by atoms with Crippen LogP contribution in [-0.4, -0.2) is 52.7 Å². The van der Waals surface area contributed by atoms with Crippen LogP contribution in [0.1, 0.15) is 69.8 Å². The van der Waals surface area contributed by atoms with Crippen LogP contribution in [0.2, 0.25) is 0 Å². The highest BCUT2D eigenvalue weighted by Gasteiger charge is 2.35. The van der Waals surface area contributed by atoms with E-state index in [1.807, 2.05) is 36.5 Å². The number of fused-ring (bicyclic) bond motifs is 1. The maximum atomic E-state index is 13.4. The molecule has 2 atom stereocenters. The molecule has 39 heavy (non-hydrogen) atoms. The zero-order valence-corrected chi connectivity index (χ0v) is 22.9. The summed E-state index contributed by atoms with van der Waals surface area (Å²) in [6.07, 6.45) is 12.3. The third-order valence-corrected chi connectivity index (χ3v) is 7.49. The Kier molecular flexibility index (Phi) is 11.8. The molecule has 1 aliphatic carbocycles. The van der Waals surface area contributed by atoms with Crippen LogP contribution < -0.4 is 10.6 Å². The van der Waals surface area contributed by atoms with Gasteiger partial charge in [-0.25, -0.2) is 0 Å². The fourth-order valence-corrected chi connectivity index (χ4v) is 5.29. The number of ether oxygens (including phenoxy) is 1. The van der Waals surface area contributed by atoms with E-state index in [9.17, 15) is 19.5 Å². The van der Waals surface area contributed by atoms with Crippen molar-refractivity contribution in [2.24, 2.45) is 5.92 Å². The Hall–Kier alpha value is -3.39. The Morgan fingerprint density at radius 1 is 1.13 bits per heavy atom. The van der Waals surface area contributed by atoms with Crippen molar-refractivity contribution in [3.63, 3.8) is 0 Å². The second-order valence-electron chi connectivity index (χ2n) is 10.6. The molecule has 8 nitrogen and oxygen atoms in total.